The van der Waals surface area contributed by atoms with E-state index in [1.165, 1.54) is 23.1 Å². The van der Waals surface area contributed by atoms with Crippen LogP contribution in [-0.2, 0) is 0 Å². The molecule has 0 radical (unpaired) electrons. The van der Waals surface area contributed by atoms with Gasteiger partial charge in [-0.3, -0.25) is 0 Å². The van der Waals surface area contributed by atoms with Gasteiger partial charge in [0.2, 0.25) is 0 Å². The predicted octanol–water partition coefficient (Wildman–Crippen LogP) is 3.82. The summed E-state index contributed by atoms with van der Waals surface area (Å²) in [4.78, 5) is 0. The molecule has 1 aliphatic carbocycles. The molecule has 0 nitrogen and oxygen atoms in total. The van der Waals surface area contributed by atoms with E-state index in [1.54, 1.807) is 5.56 Å². The van der Waals surface area contributed by atoms with E-state index >= 15 is 0 Å². The van der Waals surface area contributed by atoms with E-state index in [9.17, 15) is 0 Å². The van der Waals surface area contributed by atoms with Crippen molar-refractivity contribution < 1.29 is 0 Å². The van der Waals surface area contributed by atoms with Gasteiger partial charge in [0.15, 0.2) is 0 Å². The molecule has 0 saturated carbocycles. The molecule has 2 rings (SSSR count). The van der Waals surface area contributed by atoms with Crippen LogP contribution in [0.25, 0.3) is 6.08 Å². The van der Waals surface area contributed by atoms with Crippen LogP contribution in [0, 0.1) is 13.8 Å². The molecule has 1 aliphatic rings. The maximum Gasteiger partial charge on any atom is 0.00273 e. The Morgan fingerprint density at radius 1 is 1.15 bits per heavy atom. The number of hydrogen-bond acceptors (Lipinski definition) is 0. The molecule has 0 heteroatoms. The van der Waals surface area contributed by atoms with Crippen molar-refractivity contribution in [1.82, 2.24) is 0 Å². The van der Waals surface area contributed by atoms with Gasteiger partial charge in [-0.2, -0.15) is 0 Å². The van der Waals surface area contributed by atoms with E-state index in [2.05, 4.69) is 45.1 Å². The Labute approximate surface area is 80.3 Å². The Balaban J connectivity index is 2.61. The smallest absolute Gasteiger partial charge is 0.00273 e. The minimum absolute atomic E-state index is 0.662. The summed E-state index contributed by atoms with van der Waals surface area (Å²) in [6.45, 7) is 6.67. The Bertz CT molecular complexity index is 359. The van der Waals surface area contributed by atoms with Gasteiger partial charge in [0.05, 0.1) is 0 Å². The molecule has 0 heterocycles. The third kappa shape index (κ3) is 1.21. The molecule has 0 spiro atoms. The van der Waals surface area contributed by atoms with Crippen LogP contribution < -0.4 is 0 Å². The van der Waals surface area contributed by atoms with Gasteiger partial charge in [0.1, 0.15) is 0 Å². The van der Waals surface area contributed by atoms with Gasteiger partial charge in [0, 0.05) is 5.92 Å². The number of hydrogen-bond donors (Lipinski definition) is 0. The minimum Gasteiger partial charge on any atom is -0.0764 e. The fourth-order valence-electron chi connectivity index (χ4n) is 2.22. The number of benzene rings is 1. The molecule has 0 N–H and O–H groups in total. The molecule has 0 aromatic heterocycles. The standard InChI is InChI=1S/C13H16/c1-4-11-7-8-12-9(2)5-6-10(3)13(11)12/h5-8,11H,4H2,1-3H3. The highest BCUT2D eigenvalue weighted by Crippen LogP contribution is 2.36. The maximum absolute atomic E-state index is 2.34. The van der Waals surface area contributed by atoms with Crippen LogP contribution >= 0.6 is 0 Å². The number of rotatable bonds is 1. The van der Waals surface area contributed by atoms with Gasteiger partial charge in [0.25, 0.3) is 0 Å². The van der Waals surface area contributed by atoms with Crippen molar-refractivity contribution in [2.24, 2.45) is 0 Å². The molecular weight excluding hydrogens is 156 g/mol. The fourth-order valence-corrected chi connectivity index (χ4v) is 2.22. The van der Waals surface area contributed by atoms with Crippen molar-refractivity contribution in [2.75, 3.05) is 0 Å². The van der Waals surface area contributed by atoms with Crippen molar-refractivity contribution in [3.8, 4) is 0 Å². The summed E-state index contributed by atoms with van der Waals surface area (Å²) >= 11 is 0. The van der Waals surface area contributed by atoms with Crippen molar-refractivity contribution in [3.05, 3.63) is 40.5 Å². The lowest BCUT2D eigenvalue weighted by Gasteiger charge is -2.12. The molecule has 0 bridgehead atoms. The summed E-state index contributed by atoms with van der Waals surface area (Å²) in [5.41, 5.74) is 5.87. The van der Waals surface area contributed by atoms with E-state index in [0.29, 0.717) is 5.92 Å². The normalized spacial score (nSPS) is 19.2. The van der Waals surface area contributed by atoms with E-state index in [4.69, 9.17) is 0 Å². The van der Waals surface area contributed by atoms with E-state index in [-0.39, 0.29) is 0 Å². The van der Waals surface area contributed by atoms with Gasteiger partial charge in [-0.15, -0.1) is 0 Å². The lowest BCUT2D eigenvalue weighted by Crippen LogP contribution is -1.96. The first-order chi connectivity index (χ1) is 6.24. The topological polar surface area (TPSA) is 0 Å². The van der Waals surface area contributed by atoms with Gasteiger partial charge in [-0.05, 0) is 42.5 Å². The van der Waals surface area contributed by atoms with E-state index in [0.717, 1.165) is 0 Å². The van der Waals surface area contributed by atoms with Gasteiger partial charge < -0.3 is 0 Å². The average molecular weight is 172 g/mol. The molecule has 68 valence electrons. The molecule has 0 saturated heterocycles. The minimum atomic E-state index is 0.662. The fraction of sp³-hybridized carbons (Fsp3) is 0.385. The molecular formula is C13H16. The lowest BCUT2D eigenvalue weighted by atomic mass is 9.92. The third-order valence-electron chi connectivity index (χ3n) is 3.03. The van der Waals surface area contributed by atoms with Gasteiger partial charge >= 0.3 is 0 Å². The van der Waals surface area contributed by atoms with E-state index in [1.807, 2.05) is 0 Å². The Kier molecular flexibility index (Phi) is 1.99. The maximum atomic E-state index is 2.34. The molecule has 0 aliphatic heterocycles. The highest BCUT2D eigenvalue weighted by Gasteiger charge is 2.18. The third-order valence-corrected chi connectivity index (χ3v) is 3.03. The van der Waals surface area contributed by atoms with Crippen molar-refractivity contribution in [3.63, 3.8) is 0 Å². The van der Waals surface area contributed by atoms with Crippen LogP contribution in [0.5, 0.6) is 0 Å². The molecule has 1 atom stereocenters. The van der Waals surface area contributed by atoms with Crippen LogP contribution in [0.4, 0.5) is 0 Å². The molecule has 1 aromatic rings. The highest BCUT2D eigenvalue weighted by molar-refractivity contribution is 5.67. The van der Waals surface area contributed by atoms with Crippen LogP contribution in [0.3, 0.4) is 0 Å². The van der Waals surface area contributed by atoms with Crippen molar-refractivity contribution >= 4 is 6.08 Å². The zero-order valence-corrected chi connectivity index (χ0v) is 8.59. The summed E-state index contributed by atoms with van der Waals surface area (Å²) in [5, 5.41) is 0. The van der Waals surface area contributed by atoms with Crippen LogP contribution in [0.15, 0.2) is 18.2 Å². The number of fused-ring (bicyclic) bond motifs is 1. The SMILES string of the molecule is CCC1C=Cc2c(C)ccc(C)c21. The second kappa shape index (κ2) is 3.02. The van der Waals surface area contributed by atoms with Crippen LogP contribution in [-0.4, -0.2) is 0 Å². The summed E-state index contributed by atoms with van der Waals surface area (Å²) in [5.74, 6) is 0.662. The first-order valence-corrected chi connectivity index (χ1v) is 5.02. The summed E-state index contributed by atoms with van der Waals surface area (Å²) in [6, 6.07) is 4.46. The number of allylic oxidation sites excluding steroid dienone is 1. The average Bonchev–Trinajstić information content (AvgIpc) is 2.56. The van der Waals surface area contributed by atoms with Gasteiger partial charge in [-0.25, -0.2) is 0 Å². The molecule has 1 aromatic carbocycles. The number of aryl methyl sites for hydroxylation is 2. The Hall–Kier alpha value is -1.04. The summed E-state index contributed by atoms with van der Waals surface area (Å²) in [6.07, 6.45) is 5.84. The van der Waals surface area contributed by atoms with Crippen molar-refractivity contribution in [2.45, 2.75) is 33.1 Å². The summed E-state index contributed by atoms with van der Waals surface area (Å²) in [7, 11) is 0. The zero-order chi connectivity index (χ0) is 9.42. The van der Waals surface area contributed by atoms with Gasteiger partial charge in [-0.1, -0.05) is 31.2 Å². The quantitative estimate of drug-likeness (QED) is 0.604. The Morgan fingerprint density at radius 2 is 1.85 bits per heavy atom. The second-order valence-electron chi connectivity index (χ2n) is 3.90. The van der Waals surface area contributed by atoms with Crippen LogP contribution in [0.1, 0.15) is 41.5 Å². The molecule has 13 heavy (non-hydrogen) atoms. The first-order valence-electron chi connectivity index (χ1n) is 5.02. The lowest BCUT2D eigenvalue weighted by molar-refractivity contribution is 0.811. The van der Waals surface area contributed by atoms with Crippen LogP contribution in [0.2, 0.25) is 0 Å². The first kappa shape index (κ1) is 8.55. The molecule has 1 unspecified atom stereocenters. The zero-order valence-electron chi connectivity index (χ0n) is 8.59. The summed E-state index contributed by atoms with van der Waals surface area (Å²) < 4.78 is 0. The monoisotopic (exact) mass is 172 g/mol. The van der Waals surface area contributed by atoms with E-state index < -0.39 is 0 Å². The molecule has 0 amide bonds. The highest BCUT2D eigenvalue weighted by atomic mass is 14.2. The Morgan fingerprint density at radius 3 is 2.54 bits per heavy atom. The van der Waals surface area contributed by atoms with Crippen molar-refractivity contribution in [1.29, 1.82) is 0 Å². The molecule has 0 fully saturated rings. The predicted molar refractivity (Wildman–Crippen MR) is 58.0 cm³/mol. The second-order valence-corrected chi connectivity index (χ2v) is 3.90. The largest absolute Gasteiger partial charge is 0.0764 e.